The van der Waals surface area contributed by atoms with Gasteiger partial charge in [0.05, 0.1) is 0 Å². The number of hydrogen-bond acceptors (Lipinski definition) is 2. The zero-order valence-electron chi connectivity index (χ0n) is 13.6. The zero-order valence-corrected chi connectivity index (χ0v) is 15.2. The Morgan fingerprint density at radius 1 is 0.840 bits per heavy atom. The van der Waals surface area contributed by atoms with Gasteiger partial charge in [-0.05, 0) is 41.5 Å². The van der Waals surface area contributed by atoms with Gasteiger partial charge in [-0.15, -0.1) is 0 Å². The van der Waals surface area contributed by atoms with Crippen LogP contribution in [0.15, 0.2) is 78.9 Å². The number of amides is 1. The fraction of sp³-hybridized carbons (Fsp3) is 0.0952. The molecule has 0 atom stereocenters. The summed E-state index contributed by atoms with van der Waals surface area (Å²) in [5, 5.41) is 3.46. The van der Waals surface area contributed by atoms with Crippen LogP contribution in [0.4, 0.5) is 5.69 Å². The molecule has 0 spiro atoms. The lowest BCUT2D eigenvalue weighted by atomic mass is 10.1. The molecule has 0 heterocycles. The Morgan fingerprint density at radius 2 is 1.52 bits per heavy atom. The molecule has 0 aliphatic heterocycles. The third-order valence-electron chi connectivity index (χ3n) is 3.68. The predicted octanol–water partition coefficient (Wildman–Crippen LogP) is 6.03. The maximum Gasteiger partial charge on any atom is 0.255 e. The topological polar surface area (TPSA) is 29.1 Å². The summed E-state index contributed by atoms with van der Waals surface area (Å²) in [6, 6.07) is 25.3. The Hall–Kier alpha value is -2.23. The minimum atomic E-state index is -0.134. The Balaban J connectivity index is 1.53. The molecule has 0 radical (unpaired) electrons. The Bertz CT molecular complexity index is 834. The second kappa shape index (κ2) is 8.75. The third-order valence-corrected chi connectivity index (χ3v) is 4.99. The van der Waals surface area contributed by atoms with Gasteiger partial charge in [0.1, 0.15) is 0 Å². The zero-order chi connectivity index (χ0) is 17.5. The molecule has 0 aromatic heterocycles. The van der Waals surface area contributed by atoms with Crippen LogP contribution < -0.4 is 5.32 Å². The number of thioether (sulfide) groups is 1. The summed E-state index contributed by atoms with van der Waals surface area (Å²) in [5.41, 5.74) is 3.86. The van der Waals surface area contributed by atoms with Crippen molar-refractivity contribution in [3.05, 3.63) is 101 Å². The van der Waals surface area contributed by atoms with Crippen LogP contribution >= 0.6 is 23.4 Å². The predicted molar refractivity (Wildman–Crippen MR) is 107 cm³/mol. The van der Waals surface area contributed by atoms with Crippen LogP contribution in [0.3, 0.4) is 0 Å². The van der Waals surface area contributed by atoms with Crippen molar-refractivity contribution in [2.45, 2.75) is 11.5 Å². The van der Waals surface area contributed by atoms with E-state index in [1.165, 1.54) is 11.1 Å². The van der Waals surface area contributed by atoms with Crippen LogP contribution in [-0.2, 0) is 11.5 Å². The molecule has 126 valence electrons. The second-order valence-electron chi connectivity index (χ2n) is 5.64. The van der Waals surface area contributed by atoms with E-state index >= 15 is 0 Å². The molecule has 3 rings (SSSR count). The van der Waals surface area contributed by atoms with Crippen molar-refractivity contribution in [1.29, 1.82) is 0 Å². The maximum absolute atomic E-state index is 12.3. The average Bonchev–Trinajstić information content (AvgIpc) is 2.63. The van der Waals surface area contributed by atoms with E-state index in [4.69, 9.17) is 11.6 Å². The molecule has 4 heteroatoms. The number of carbonyl (C=O) groups excluding carboxylic acids is 1. The van der Waals surface area contributed by atoms with E-state index in [-0.39, 0.29) is 5.91 Å². The van der Waals surface area contributed by atoms with Crippen LogP contribution in [0.1, 0.15) is 21.5 Å². The minimum Gasteiger partial charge on any atom is -0.322 e. The average molecular weight is 368 g/mol. The lowest BCUT2D eigenvalue weighted by Crippen LogP contribution is -2.11. The Labute approximate surface area is 157 Å². The summed E-state index contributed by atoms with van der Waals surface area (Å²) in [6.45, 7) is 0. The third kappa shape index (κ3) is 5.38. The number of hydrogen-bond donors (Lipinski definition) is 1. The molecule has 0 aliphatic rings. The number of halogens is 1. The van der Waals surface area contributed by atoms with Gasteiger partial charge in [-0.25, -0.2) is 0 Å². The molecule has 0 aliphatic carbocycles. The van der Waals surface area contributed by atoms with E-state index in [2.05, 4.69) is 29.6 Å². The van der Waals surface area contributed by atoms with E-state index in [1.807, 2.05) is 54.2 Å². The molecule has 2 nitrogen and oxygen atoms in total. The van der Waals surface area contributed by atoms with Gasteiger partial charge >= 0.3 is 0 Å². The van der Waals surface area contributed by atoms with E-state index < -0.39 is 0 Å². The molecule has 0 saturated heterocycles. The summed E-state index contributed by atoms with van der Waals surface area (Å²) < 4.78 is 0. The van der Waals surface area contributed by atoms with Crippen LogP contribution in [0, 0.1) is 0 Å². The molecule has 1 amide bonds. The van der Waals surface area contributed by atoms with E-state index in [9.17, 15) is 4.79 Å². The van der Waals surface area contributed by atoms with Crippen LogP contribution in [-0.4, -0.2) is 5.91 Å². The van der Waals surface area contributed by atoms with Gasteiger partial charge < -0.3 is 5.32 Å². The quantitative estimate of drug-likeness (QED) is 0.576. The van der Waals surface area contributed by atoms with E-state index in [0.717, 1.165) is 11.5 Å². The van der Waals surface area contributed by atoms with Crippen molar-refractivity contribution in [3.8, 4) is 0 Å². The van der Waals surface area contributed by atoms with Crippen LogP contribution in [0.2, 0.25) is 5.02 Å². The first kappa shape index (κ1) is 17.6. The van der Waals surface area contributed by atoms with Crippen LogP contribution in [0.5, 0.6) is 0 Å². The fourth-order valence-corrected chi connectivity index (χ4v) is 3.53. The summed E-state index contributed by atoms with van der Waals surface area (Å²) in [4.78, 5) is 12.3. The molecule has 0 bridgehead atoms. The summed E-state index contributed by atoms with van der Waals surface area (Å²) in [7, 11) is 0. The van der Waals surface area contributed by atoms with Crippen molar-refractivity contribution >= 4 is 35.0 Å². The molecule has 3 aromatic carbocycles. The van der Waals surface area contributed by atoms with Crippen molar-refractivity contribution in [3.63, 3.8) is 0 Å². The Kier molecular flexibility index (Phi) is 6.15. The van der Waals surface area contributed by atoms with Crippen molar-refractivity contribution in [1.82, 2.24) is 0 Å². The number of carbonyl (C=O) groups is 1. The molecular formula is C21H18ClNOS. The largest absolute Gasteiger partial charge is 0.322 e. The smallest absolute Gasteiger partial charge is 0.255 e. The summed E-state index contributed by atoms with van der Waals surface area (Å²) >= 11 is 7.80. The van der Waals surface area contributed by atoms with Crippen molar-refractivity contribution in [2.24, 2.45) is 0 Å². The standard InChI is InChI=1S/C21H18ClNOS/c22-19-7-4-8-20(13-19)23-21(24)18-11-9-17(10-12-18)15-25-14-16-5-2-1-3-6-16/h1-13H,14-15H2,(H,23,24). The molecule has 3 aromatic rings. The molecule has 1 N–H and O–H groups in total. The van der Waals surface area contributed by atoms with Gasteiger partial charge in [0.25, 0.3) is 5.91 Å². The van der Waals surface area contributed by atoms with Crippen molar-refractivity contribution in [2.75, 3.05) is 5.32 Å². The second-order valence-corrected chi connectivity index (χ2v) is 7.06. The number of rotatable bonds is 6. The lowest BCUT2D eigenvalue weighted by molar-refractivity contribution is 0.102. The minimum absolute atomic E-state index is 0.134. The summed E-state index contributed by atoms with van der Waals surface area (Å²) in [6.07, 6.45) is 0. The van der Waals surface area contributed by atoms with E-state index in [0.29, 0.717) is 16.3 Å². The molecule has 0 fully saturated rings. The number of anilines is 1. The first-order valence-corrected chi connectivity index (χ1v) is 9.51. The lowest BCUT2D eigenvalue weighted by Gasteiger charge is -2.07. The Morgan fingerprint density at radius 3 is 2.20 bits per heavy atom. The highest BCUT2D eigenvalue weighted by Gasteiger charge is 2.06. The van der Waals surface area contributed by atoms with Gasteiger partial charge in [0.2, 0.25) is 0 Å². The molecular weight excluding hydrogens is 350 g/mol. The van der Waals surface area contributed by atoms with Gasteiger partial charge in [-0.1, -0.05) is 60.1 Å². The van der Waals surface area contributed by atoms with Gasteiger partial charge in [0, 0.05) is 27.8 Å². The fourth-order valence-electron chi connectivity index (χ4n) is 2.38. The monoisotopic (exact) mass is 367 g/mol. The molecule has 0 saturated carbocycles. The molecule has 0 unspecified atom stereocenters. The SMILES string of the molecule is O=C(Nc1cccc(Cl)c1)c1ccc(CSCc2ccccc2)cc1. The first-order valence-electron chi connectivity index (χ1n) is 7.98. The van der Waals surface area contributed by atoms with E-state index in [1.54, 1.807) is 12.1 Å². The van der Waals surface area contributed by atoms with Crippen LogP contribution in [0.25, 0.3) is 0 Å². The highest BCUT2D eigenvalue weighted by molar-refractivity contribution is 7.97. The number of nitrogens with one attached hydrogen (secondary N) is 1. The summed E-state index contributed by atoms with van der Waals surface area (Å²) in [5.74, 6) is 1.77. The number of benzene rings is 3. The van der Waals surface area contributed by atoms with Crippen molar-refractivity contribution < 1.29 is 4.79 Å². The maximum atomic E-state index is 12.3. The highest BCUT2D eigenvalue weighted by atomic mass is 35.5. The first-order chi connectivity index (χ1) is 12.2. The van der Waals surface area contributed by atoms with Gasteiger partial charge in [0.15, 0.2) is 0 Å². The highest BCUT2D eigenvalue weighted by Crippen LogP contribution is 2.19. The van der Waals surface area contributed by atoms with Gasteiger partial charge in [-0.2, -0.15) is 11.8 Å². The molecule has 25 heavy (non-hydrogen) atoms. The normalized spacial score (nSPS) is 10.4. The van der Waals surface area contributed by atoms with Gasteiger partial charge in [-0.3, -0.25) is 4.79 Å².